The minimum atomic E-state index is -1.46. The number of thioether (sulfide) groups is 1. The number of aromatic nitrogens is 4. The molecule has 14 heteroatoms. The van der Waals surface area contributed by atoms with Crippen molar-refractivity contribution in [1.82, 2.24) is 19.5 Å². The van der Waals surface area contributed by atoms with Crippen molar-refractivity contribution in [2.75, 3.05) is 12.3 Å². The third kappa shape index (κ3) is 3.75. The summed E-state index contributed by atoms with van der Waals surface area (Å²) < 4.78 is 6.88. The van der Waals surface area contributed by atoms with E-state index in [1.54, 1.807) is 18.2 Å². The van der Waals surface area contributed by atoms with E-state index >= 15 is 0 Å². The number of aliphatic hydroxyl groups is 3. The van der Waals surface area contributed by atoms with Crippen molar-refractivity contribution in [3.8, 4) is 0 Å². The van der Waals surface area contributed by atoms with Gasteiger partial charge in [-0.25, -0.2) is 4.98 Å². The average Bonchev–Trinajstić information content (AvgIpc) is 3.23. The number of aromatic amines is 1. The van der Waals surface area contributed by atoms with E-state index in [0.717, 1.165) is 11.8 Å². The predicted octanol–water partition coefficient (Wildman–Crippen LogP) is -0.486. The number of nitro groups is 1. The van der Waals surface area contributed by atoms with Gasteiger partial charge in [0, 0.05) is 17.4 Å². The van der Waals surface area contributed by atoms with Crippen molar-refractivity contribution in [3.63, 3.8) is 0 Å². The predicted molar refractivity (Wildman–Crippen MR) is 108 cm³/mol. The molecule has 0 amide bonds. The maximum Gasteiger partial charge on any atom is 0.280 e. The first kappa shape index (κ1) is 21.2. The van der Waals surface area contributed by atoms with Crippen LogP contribution in [0.2, 0.25) is 0 Å². The summed E-state index contributed by atoms with van der Waals surface area (Å²) in [4.78, 5) is 33.8. The summed E-state index contributed by atoms with van der Waals surface area (Å²) in [5.41, 5.74) is 5.28. The second-order valence-corrected chi connectivity index (χ2v) is 7.73. The highest BCUT2D eigenvalue weighted by atomic mass is 32.2. The van der Waals surface area contributed by atoms with E-state index in [2.05, 4.69) is 15.0 Å². The molecule has 164 valence electrons. The number of benzene rings is 1. The van der Waals surface area contributed by atoms with E-state index in [4.69, 9.17) is 10.5 Å². The third-order valence-electron chi connectivity index (χ3n) is 4.85. The minimum absolute atomic E-state index is 0.00107. The molecule has 1 aliphatic heterocycles. The Labute approximate surface area is 177 Å². The molecule has 1 aromatic carbocycles. The fraction of sp³-hybridized carbons (Fsp3) is 0.353. The molecule has 0 aliphatic carbocycles. The van der Waals surface area contributed by atoms with Crippen molar-refractivity contribution in [2.45, 2.75) is 35.4 Å². The number of hydrogen-bond donors (Lipinski definition) is 5. The molecule has 1 saturated heterocycles. The van der Waals surface area contributed by atoms with Crippen molar-refractivity contribution in [1.29, 1.82) is 0 Å². The topological polar surface area (TPSA) is 203 Å². The molecular weight excluding hydrogens is 432 g/mol. The lowest BCUT2D eigenvalue weighted by Gasteiger charge is -2.19. The number of aliphatic hydroxyl groups excluding tert-OH is 3. The molecule has 0 saturated carbocycles. The molecule has 6 N–H and O–H groups in total. The van der Waals surface area contributed by atoms with Crippen molar-refractivity contribution in [2.24, 2.45) is 0 Å². The van der Waals surface area contributed by atoms with Crippen LogP contribution in [0.1, 0.15) is 11.8 Å². The SMILES string of the molecule is Nc1nc2c(nc(SCc3ccccc3[N+](=O)[O-])n2[C@H]2O[C@@H](CO)[C@H](O)[C@@H]2O)c(=O)[nH]1. The fourth-order valence-corrected chi connectivity index (χ4v) is 4.37. The number of H-pyrrole nitrogens is 1. The number of ether oxygens (including phenoxy) is 1. The van der Waals surface area contributed by atoms with Gasteiger partial charge in [-0.05, 0) is 0 Å². The van der Waals surface area contributed by atoms with Crippen LogP contribution in [0.15, 0.2) is 34.2 Å². The smallest absolute Gasteiger partial charge is 0.280 e. The summed E-state index contributed by atoms with van der Waals surface area (Å²) >= 11 is 1.05. The number of nitrogen functional groups attached to an aromatic ring is 1. The van der Waals surface area contributed by atoms with E-state index in [9.17, 15) is 30.2 Å². The number of nitrogens with one attached hydrogen (secondary N) is 1. The molecular formula is C17H18N6O7S. The van der Waals surface area contributed by atoms with Crippen molar-refractivity contribution >= 4 is 34.6 Å². The Hall–Kier alpha value is -3.04. The van der Waals surface area contributed by atoms with Crippen LogP contribution in [-0.2, 0) is 10.5 Å². The monoisotopic (exact) mass is 450 g/mol. The van der Waals surface area contributed by atoms with Gasteiger partial charge < -0.3 is 25.8 Å². The quantitative estimate of drug-likeness (QED) is 0.184. The molecule has 0 unspecified atom stereocenters. The van der Waals surface area contributed by atoms with Crippen LogP contribution in [0.4, 0.5) is 11.6 Å². The summed E-state index contributed by atoms with van der Waals surface area (Å²) in [6.07, 6.45) is -5.13. The highest BCUT2D eigenvalue weighted by Gasteiger charge is 2.45. The summed E-state index contributed by atoms with van der Waals surface area (Å²) in [5.74, 6) is -0.0801. The van der Waals surface area contributed by atoms with E-state index in [-0.39, 0.29) is 33.7 Å². The molecule has 1 fully saturated rings. The summed E-state index contributed by atoms with van der Waals surface area (Å²) in [7, 11) is 0. The summed E-state index contributed by atoms with van der Waals surface area (Å²) in [6, 6.07) is 6.17. The van der Waals surface area contributed by atoms with Gasteiger partial charge in [0.05, 0.1) is 11.5 Å². The number of imidazole rings is 1. The van der Waals surface area contributed by atoms with Crippen LogP contribution in [0.5, 0.6) is 0 Å². The molecule has 0 spiro atoms. The van der Waals surface area contributed by atoms with Gasteiger partial charge in [-0.3, -0.25) is 24.5 Å². The Morgan fingerprint density at radius 3 is 2.71 bits per heavy atom. The number of fused-ring (bicyclic) bond motifs is 1. The van der Waals surface area contributed by atoms with E-state index in [1.165, 1.54) is 10.6 Å². The lowest BCUT2D eigenvalue weighted by Crippen LogP contribution is -2.33. The van der Waals surface area contributed by atoms with E-state index in [1.807, 2.05) is 0 Å². The molecule has 3 heterocycles. The highest BCUT2D eigenvalue weighted by molar-refractivity contribution is 7.98. The number of nitrogens with zero attached hydrogens (tertiary/aromatic N) is 4. The zero-order chi connectivity index (χ0) is 22.3. The zero-order valence-electron chi connectivity index (χ0n) is 15.8. The van der Waals surface area contributed by atoms with Crippen molar-refractivity contribution in [3.05, 3.63) is 50.3 Å². The largest absolute Gasteiger partial charge is 0.394 e. The number of para-hydroxylation sites is 1. The molecule has 3 aromatic rings. The van der Waals surface area contributed by atoms with Crippen LogP contribution in [0.25, 0.3) is 11.2 Å². The Balaban J connectivity index is 1.79. The zero-order valence-corrected chi connectivity index (χ0v) is 16.6. The van der Waals surface area contributed by atoms with E-state index < -0.39 is 41.6 Å². The molecule has 4 rings (SSSR count). The Kier molecular flexibility index (Phi) is 5.63. The molecule has 4 atom stereocenters. The molecule has 0 bridgehead atoms. The van der Waals surface area contributed by atoms with Gasteiger partial charge in [-0.1, -0.05) is 30.0 Å². The first-order valence-corrected chi connectivity index (χ1v) is 10.1. The van der Waals surface area contributed by atoms with Crippen LogP contribution < -0.4 is 11.3 Å². The lowest BCUT2D eigenvalue weighted by atomic mass is 10.1. The normalized spacial score (nSPS) is 23.5. The van der Waals surface area contributed by atoms with Crippen LogP contribution in [0, 0.1) is 10.1 Å². The molecule has 0 radical (unpaired) electrons. The summed E-state index contributed by atoms with van der Waals surface area (Å²) in [6.45, 7) is -0.545. The van der Waals surface area contributed by atoms with Gasteiger partial charge in [0.25, 0.3) is 11.2 Å². The van der Waals surface area contributed by atoms with Gasteiger partial charge >= 0.3 is 0 Å². The number of anilines is 1. The lowest BCUT2D eigenvalue weighted by molar-refractivity contribution is -0.385. The Morgan fingerprint density at radius 2 is 2.03 bits per heavy atom. The maximum absolute atomic E-state index is 12.3. The number of rotatable bonds is 6. The standard InChI is InChI=1S/C17H18N6O7S/c18-16-20-13-10(14(27)21-16)19-17(22(13)15-12(26)11(25)9(5-24)30-15)31-6-7-3-1-2-4-8(7)23(28)29/h1-4,9,11-12,15,24-26H,5-6H2,(H3,18,20,21,27)/t9-,11-,12-,15-/m0/s1. The first-order chi connectivity index (χ1) is 14.8. The molecule has 13 nitrogen and oxygen atoms in total. The average molecular weight is 450 g/mol. The van der Waals surface area contributed by atoms with Crippen LogP contribution in [0.3, 0.4) is 0 Å². The number of nitrogens with two attached hydrogens (primary N) is 1. The van der Waals surface area contributed by atoms with Gasteiger partial charge in [0.2, 0.25) is 5.95 Å². The van der Waals surface area contributed by atoms with Gasteiger partial charge in [-0.15, -0.1) is 0 Å². The van der Waals surface area contributed by atoms with Gasteiger partial charge in [0.15, 0.2) is 22.5 Å². The Morgan fingerprint density at radius 1 is 1.29 bits per heavy atom. The van der Waals surface area contributed by atoms with Crippen molar-refractivity contribution < 1.29 is 25.0 Å². The Bertz CT molecular complexity index is 1200. The molecule has 31 heavy (non-hydrogen) atoms. The number of hydrogen-bond acceptors (Lipinski definition) is 11. The van der Waals surface area contributed by atoms with E-state index in [0.29, 0.717) is 5.56 Å². The van der Waals surface area contributed by atoms with Gasteiger partial charge in [0.1, 0.15) is 18.3 Å². The molecule has 1 aliphatic rings. The van der Waals surface area contributed by atoms with Crippen LogP contribution in [-0.4, -0.2) is 64.7 Å². The minimum Gasteiger partial charge on any atom is -0.394 e. The number of nitro benzene ring substituents is 1. The van der Waals surface area contributed by atoms with Crippen LogP contribution >= 0.6 is 11.8 Å². The molecule has 2 aromatic heterocycles. The third-order valence-corrected chi connectivity index (χ3v) is 5.85. The summed E-state index contributed by atoms with van der Waals surface area (Å²) in [5, 5.41) is 41.5. The second kappa shape index (κ2) is 8.24. The first-order valence-electron chi connectivity index (χ1n) is 9.07. The fourth-order valence-electron chi connectivity index (χ4n) is 3.36. The highest BCUT2D eigenvalue weighted by Crippen LogP contribution is 2.36. The van der Waals surface area contributed by atoms with Gasteiger partial charge in [-0.2, -0.15) is 4.98 Å². The maximum atomic E-state index is 12.3. The second-order valence-electron chi connectivity index (χ2n) is 6.79.